The van der Waals surface area contributed by atoms with E-state index in [0.29, 0.717) is 17.1 Å². The van der Waals surface area contributed by atoms with E-state index in [1.165, 1.54) is 15.3 Å². The minimum absolute atomic E-state index is 0.326. The van der Waals surface area contributed by atoms with Crippen LogP contribution in [0.25, 0.3) is 11.3 Å². The molecule has 2 heterocycles. The van der Waals surface area contributed by atoms with Crippen molar-refractivity contribution in [3.05, 3.63) is 65.0 Å². The number of rotatable bonds is 5. The van der Waals surface area contributed by atoms with E-state index >= 15 is 0 Å². The molecule has 0 fully saturated rings. The Morgan fingerprint density at radius 3 is 2.48 bits per heavy atom. The quantitative estimate of drug-likeness (QED) is 0.710. The van der Waals surface area contributed by atoms with Gasteiger partial charge in [0.2, 0.25) is 0 Å². The van der Waals surface area contributed by atoms with Crippen LogP contribution in [0.3, 0.4) is 0 Å². The first-order valence-electron chi connectivity index (χ1n) is 7.17. The van der Waals surface area contributed by atoms with E-state index in [4.69, 9.17) is 0 Å². The second kappa shape index (κ2) is 6.31. The maximum atomic E-state index is 12.9. The van der Waals surface area contributed by atoms with Crippen molar-refractivity contribution in [1.29, 1.82) is 0 Å². The van der Waals surface area contributed by atoms with Crippen LogP contribution < -0.4 is 0 Å². The van der Waals surface area contributed by atoms with Crippen LogP contribution in [-0.4, -0.2) is 31.4 Å². The van der Waals surface area contributed by atoms with Gasteiger partial charge in [0.15, 0.2) is 0 Å². The van der Waals surface area contributed by atoms with E-state index in [1.54, 1.807) is 23.0 Å². The Bertz CT molecular complexity index is 880. The molecule has 0 saturated carbocycles. The molecule has 0 radical (unpaired) electrons. The highest BCUT2D eigenvalue weighted by Crippen LogP contribution is 2.28. The molecule has 3 rings (SSSR count). The van der Waals surface area contributed by atoms with Gasteiger partial charge in [0.05, 0.1) is 10.6 Å². The zero-order valence-corrected chi connectivity index (χ0v) is 14.6. The molecule has 0 aliphatic rings. The smallest absolute Gasteiger partial charge is 0.268 e. The Morgan fingerprint density at radius 1 is 1.13 bits per heavy atom. The Balaban J connectivity index is 2.17. The van der Waals surface area contributed by atoms with Gasteiger partial charge in [-0.15, -0.1) is 0 Å². The van der Waals surface area contributed by atoms with Crippen LogP contribution in [0.1, 0.15) is 5.56 Å². The van der Waals surface area contributed by atoms with Crippen molar-refractivity contribution in [2.24, 2.45) is 0 Å². The van der Waals surface area contributed by atoms with Crippen molar-refractivity contribution in [2.45, 2.75) is 11.4 Å². The molecule has 0 N–H and O–H groups in total. The monoisotopic (exact) mass is 346 g/mol. The van der Waals surface area contributed by atoms with Gasteiger partial charge in [0, 0.05) is 18.1 Å². The first-order valence-corrected chi connectivity index (χ1v) is 9.56. The maximum absolute atomic E-state index is 12.9. The van der Waals surface area contributed by atoms with Gasteiger partial charge in [-0.05, 0) is 42.7 Å². The lowest BCUT2D eigenvalue weighted by Gasteiger charge is -2.09. The average molecular weight is 346 g/mol. The molecule has 120 valence electrons. The third-order valence-electron chi connectivity index (χ3n) is 3.46. The Hall–Kier alpha value is -1.89. The van der Waals surface area contributed by atoms with E-state index in [9.17, 15) is 8.42 Å². The Morgan fingerprint density at radius 2 is 1.87 bits per heavy atom. The summed E-state index contributed by atoms with van der Waals surface area (Å²) in [4.78, 5) is 2.35. The second-order valence-corrected chi connectivity index (χ2v) is 8.19. The van der Waals surface area contributed by atoms with E-state index in [1.807, 2.05) is 55.4 Å². The number of hydrogen-bond donors (Lipinski definition) is 0. The maximum Gasteiger partial charge on any atom is 0.268 e. The van der Waals surface area contributed by atoms with Crippen molar-refractivity contribution in [3.63, 3.8) is 0 Å². The summed E-state index contributed by atoms with van der Waals surface area (Å²) in [5.41, 5.74) is 2.54. The van der Waals surface area contributed by atoms with Gasteiger partial charge in [-0.3, -0.25) is 0 Å². The van der Waals surface area contributed by atoms with E-state index in [2.05, 4.69) is 0 Å². The summed E-state index contributed by atoms with van der Waals surface area (Å²) in [5, 5.41) is 3.44. The van der Waals surface area contributed by atoms with Crippen LogP contribution in [0.15, 0.2) is 64.3 Å². The van der Waals surface area contributed by atoms with Gasteiger partial charge >= 0.3 is 0 Å². The molecule has 0 saturated heterocycles. The van der Waals surface area contributed by atoms with E-state index < -0.39 is 10.0 Å². The zero-order chi connectivity index (χ0) is 16.4. The number of benzene rings is 1. The van der Waals surface area contributed by atoms with Crippen LogP contribution in [0.5, 0.6) is 0 Å². The third kappa shape index (κ3) is 3.24. The fourth-order valence-electron chi connectivity index (χ4n) is 2.48. The van der Waals surface area contributed by atoms with Crippen molar-refractivity contribution in [2.75, 3.05) is 14.1 Å². The lowest BCUT2D eigenvalue weighted by atomic mass is 10.1. The number of thiophene rings is 1. The van der Waals surface area contributed by atoms with Gasteiger partial charge in [0.1, 0.15) is 0 Å². The Kier molecular flexibility index (Phi) is 4.39. The Labute approximate surface area is 140 Å². The standard InChI is InChI=1S/C17H18N2O2S2/c1-18(2)11-14-10-17(15-6-4-3-5-7-15)19(12-14)23(20,21)16-8-9-22-13-16/h3-10,12-13H,11H2,1-2H3. The first kappa shape index (κ1) is 16.0. The topological polar surface area (TPSA) is 42.3 Å². The number of hydrogen-bond acceptors (Lipinski definition) is 4. The first-order chi connectivity index (χ1) is 11.0. The van der Waals surface area contributed by atoms with Crippen molar-refractivity contribution in [3.8, 4) is 11.3 Å². The van der Waals surface area contributed by atoms with Crippen LogP contribution in [-0.2, 0) is 16.6 Å². The average Bonchev–Trinajstić information content (AvgIpc) is 3.17. The molecule has 0 atom stereocenters. The minimum atomic E-state index is -3.58. The number of aromatic nitrogens is 1. The zero-order valence-electron chi connectivity index (χ0n) is 13.0. The molecule has 6 heteroatoms. The highest BCUT2D eigenvalue weighted by atomic mass is 32.2. The normalized spacial score (nSPS) is 12.0. The van der Waals surface area contributed by atoms with Crippen molar-refractivity contribution >= 4 is 21.4 Å². The number of nitrogens with zero attached hydrogens (tertiary/aromatic N) is 2. The van der Waals surface area contributed by atoms with E-state index in [0.717, 1.165) is 11.1 Å². The summed E-state index contributed by atoms with van der Waals surface area (Å²) in [6, 6.07) is 13.2. The highest BCUT2D eigenvalue weighted by Gasteiger charge is 2.22. The summed E-state index contributed by atoms with van der Waals surface area (Å²) in [7, 11) is 0.350. The highest BCUT2D eigenvalue weighted by molar-refractivity contribution is 7.90. The summed E-state index contributed by atoms with van der Waals surface area (Å²) < 4.78 is 27.3. The molecule has 0 unspecified atom stereocenters. The second-order valence-electron chi connectivity index (χ2n) is 5.60. The summed E-state index contributed by atoms with van der Waals surface area (Å²) in [6.07, 6.45) is 1.72. The lowest BCUT2D eigenvalue weighted by Crippen LogP contribution is -2.13. The molecule has 2 aromatic heterocycles. The molecular weight excluding hydrogens is 328 g/mol. The van der Waals surface area contributed by atoms with Gasteiger partial charge < -0.3 is 4.90 Å². The third-order valence-corrected chi connectivity index (χ3v) is 5.96. The van der Waals surface area contributed by atoms with Crippen LogP contribution in [0.4, 0.5) is 0 Å². The molecule has 0 aliphatic carbocycles. The molecule has 23 heavy (non-hydrogen) atoms. The summed E-state index contributed by atoms with van der Waals surface area (Å²) >= 11 is 1.38. The van der Waals surface area contributed by atoms with Crippen LogP contribution >= 0.6 is 11.3 Å². The minimum Gasteiger partial charge on any atom is -0.305 e. The molecule has 1 aromatic carbocycles. The van der Waals surface area contributed by atoms with Gasteiger partial charge in [0.25, 0.3) is 10.0 Å². The molecule has 0 bridgehead atoms. The fraction of sp³-hybridized carbons (Fsp3) is 0.176. The summed E-state index contributed by atoms with van der Waals surface area (Å²) in [5.74, 6) is 0. The van der Waals surface area contributed by atoms with Crippen molar-refractivity contribution < 1.29 is 8.42 Å². The molecule has 0 spiro atoms. The molecule has 3 aromatic rings. The van der Waals surface area contributed by atoms with Crippen molar-refractivity contribution in [1.82, 2.24) is 8.87 Å². The summed E-state index contributed by atoms with van der Waals surface area (Å²) in [6.45, 7) is 0.686. The van der Waals surface area contributed by atoms with Crippen LogP contribution in [0.2, 0.25) is 0 Å². The molecule has 0 aliphatic heterocycles. The van der Waals surface area contributed by atoms with Crippen LogP contribution in [0, 0.1) is 0 Å². The molecular formula is C17H18N2O2S2. The SMILES string of the molecule is CN(C)Cc1cc(-c2ccccc2)n(S(=O)(=O)c2ccsc2)c1. The van der Waals surface area contributed by atoms with Gasteiger partial charge in [-0.25, -0.2) is 12.4 Å². The lowest BCUT2D eigenvalue weighted by molar-refractivity contribution is 0.402. The molecule has 0 amide bonds. The predicted octanol–water partition coefficient (Wildman–Crippen LogP) is 3.52. The fourth-order valence-corrected chi connectivity index (χ4v) is 4.89. The van der Waals surface area contributed by atoms with E-state index in [-0.39, 0.29) is 0 Å². The van der Waals surface area contributed by atoms with Gasteiger partial charge in [-0.1, -0.05) is 30.3 Å². The predicted molar refractivity (Wildman–Crippen MR) is 94.2 cm³/mol. The van der Waals surface area contributed by atoms with Gasteiger partial charge in [-0.2, -0.15) is 11.3 Å². The molecule has 4 nitrogen and oxygen atoms in total. The largest absolute Gasteiger partial charge is 0.305 e.